The second-order valence-corrected chi connectivity index (χ2v) is 6.47. The number of anilines is 1. The number of aliphatic hydroxyl groups is 1. The number of hydrogen-bond acceptors (Lipinski definition) is 5. The molecule has 0 radical (unpaired) electrons. The molecule has 3 aliphatic heterocycles. The average molecular weight is 352 g/mol. The number of carbonyl (C=O) groups excluding carboxylic acids is 1. The molecule has 0 bridgehead atoms. The lowest BCUT2D eigenvalue weighted by atomic mass is 10.0. The number of amides is 2. The van der Waals surface area contributed by atoms with Crippen LogP contribution in [0, 0.1) is 0 Å². The number of carbonyl (C=O) groups is 1. The maximum absolute atomic E-state index is 13.1. The predicted molar refractivity (Wildman–Crippen MR) is 95.7 cm³/mol. The number of hydrogen-bond donors (Lipinski definition) is 1. The Balaban J connectivity index is 1.65. The number of nitrogens with zero attached hydrogens (tertiary/aromatic N) is 6. The van der Waals surface area contributed by atoms with Crippen LogP contribution in [0.5, 0.6) is 0 Å². The van der Waals surface area contributed by atoms with E-state index in [9.17, 15) is 9.90 Å². The highest BCUT2D eigenvalue weighted by atomic mass is 16.3. The van der Waals surface area contributed by atoms with Crippen molar-refractivity contribution in [2.24, 2.45) is 0 Å². The van der Waals surface area contributed by atoms with Gasteiger partial charge in [-0.25, -0.2) is 9.78 Å². The first kappa shape index (κ1) is 16.5. The normalized spacial score (nSPS) is 20.3. The van der Waals surface area contributed by atoms with E-state index in [1.807, 2.05) is 41.1 Å². The number of urea groups is 1. The Bertz CT molecular complexity index is 867. The fourth-order valence-electron chi connectivity index (χ4n) is 3.32. The molecule has 1 aromatic carbocycles. The Hall–Kier alpha value is -3.00. The first-order chi connectivity index (χ1) is 12.6. The van der Waals surface area contributed by atoms with E-state index >= 15 is 0 Å². The Morgan fingerprint density at radius 2 is 2.12 bits per heavy atom. The van der Waals surface area contributed by atoms with E-state index in [2.05, 4.69) is 15.2 Å². The third kappa shape index (κ3) is 2.99. The predicted octanol–water partition coefficient (Wildman–Crippen LogP) is 1.99. The third-order valence-electron chi connectivity index (χ3n) is 4.78. The van der Waals surface area contributed by atoms with Crippen molar-refractivity contribution in [3.8, 4) is 11.4 Å². The van der Waals surface area contributed by atoms with Crippen LogP contribution >= 0.6 is 0 Å². The van der Waals surface area contributed by atoms with Gasteiger partial charge in [-0.3, -0.25) is 4.90 Å². The van der Waals surface area contributed by atoms with E-state index in [1.165, 1.54) is 0 Å². The Kier molecular flexibility index (Phi) is 4.26. The summed E-state index contributed by atoms with van der Waals surface area (Å²) < 4.78 is 1.85. The van der Waals surface area contributed by atoms with Crippen molar-refractivity contribution in [3.63, 3.8) is 0 Å². The molecule has 4 rings (SSSR count). The van der Waals surface area contributed by atoms with Gasteiger partial charge in [-0.15, -0.1) is 5.10 Å². The van der Waals surface area contributed by atoms with Crippen LogP contribution in [0.25, 0.3) is 11.4 Å². The standard InChI is InChI=1S/C18H20N6O2/c1-22(14-5-3-2-4-6-14)18(26)24-8-7-15(25)9-16(24)23-11-13-10-20-21-17(13)19-12-23/h2-6,10-12,15-16,25H,7-9H2,1H3. The van der Waals surface area contributed by atoms with E-state index < -0.39 is 6.10 Å². The van der Waals surface area contributed by atoms with Crippen molar-refractivity contribution in [2.75, 3.05) is 18.5 Å². The number of piperidine rings is 1. The van der Waals surface area contributed by atoms with Crippen LogP contribution in [0.4, 0.5) is 10.5 Å². The summed E-state index contributed by atoms with van der Waals surface area (Å²) in [5, 5.41) is 17.9. The van der Waals surface area contributed by atoms with E-state index in [4.69, 9.17) is 0 Å². The second kappa shape index (κ2) is 6.72. The van der Waals surface area contributed by atoms with Gasteiger partial charge in [0, 0.05) is 31.9 Å². The largest absolute Gasteiger partial charge is 0.393 e. The minimum absolute atomic E-state index is 0.112. The van der Waals surface area contributed by atoms with Crippen molar-refractivity contribution in [1.29, 1.82) is 0 Å². The zero-order valence-electron chi connectivity index (χ0n) is 14.4. The molecule has 3 heterocycles. The summed E-state index contributed by atoms with van der Waals surface area (Å²) in [4.78, 5) is 20.8. The van der Waals surface area contributed by atoms with Gasteiger partial charge < -0.3 is 14.6 Å². The lowest BCUT2D eigenvalue weighted by Crippen LogP contribution is -2.49. The van der Waals surface area contributed by atoms with Crippen LogP contribution in [-0.4, -0.2) is 55.5 Å². The molecule has 0 spiro atoms. The monoisotopic (exact) mass is 352 g/mol. The van der Waals surface area contributed by atoms with Gasteiger partial charge in [0.2, 0.25) is 0 Å². The van der Waals surface area contributed by atoms with Crippen molar-refractivity contribution < 1.29 is 9.90 Å². The number of benzene rings is 1. The van der Waals surface area contributed by atoms with Crippen LogP contribution in [0.3, 0.4) is 0 Å². The molecule has 3 aliphatic rings. The maximum Gasteiger partial charge on any atom is 0.325 e. The van der Waals surface area contributed by atoms with Crippen molar-refractivity contribution in [1.82, 2.24) is 24.6 Å². The van der Waals surface area contributed by atoms with E-state index in [0.29, 0.717) is 25.2 Å². The fraction of sp³-hybridized carbons (Fsp3) is 0.333. The number of rotatable bonds is 2. The topological polar surface area (TPSA) is 87.4 Å². The van der Waals surface area contributed by atoms with Crippen molar-refractivity contribution >= 4 is 11.7 Å². The van der Waals surface area contributed by atoms with Gasteiger partial charge in [0.25, 0.3) is 0 Å². The summed E-state index contributed by atoms with van der Waals surface area (Å²) in [5.41, 5.74) is 1.63. The number of fused-ring (bicyclic) bond motifs is 1. The smallest absolute Gasteiger partial charge is 0.325 e. The van der Waals surface area contributed by atoms with Crippen LogP contribution in [0.15, 0.2) is 49.1 Å². The molecule has 0 aromatic heterocycles. The molecule has 8 nitrogen and oxygen atoms in total. The second-order valence-electron chi connectivity index (χ2n) is 6.47. The molecule has 1 N–H and O–H groups in total. The molecule has 134 valence electrons. The van der Waals surface area contributed by atoms with Gasteiger partial charge in [0.1, 0.15) is 6.17 Å². The van der Waals surface area contributed by atoms with Crippen molar-refractivity contribution in [2.45, 2.75) is 25.1 Å². The van der Waals surface area contributed by atoms with Crippen LogP contribution in [-0.2, 0) is 0 Å². The van der Waals surface area contributed by atoms with Gasteiger partial charge in [-0.2, -0.15) is 5.10 Å². The fourth-order valence-corrected chi connectivity index (χ4v) is 3.32. The molecule has 0 aliphatic carbocycles. The first-order valence-electron chi connectivity index (χ1n) is 8.56. The molecular formula is C18H20N6O2. The van der Waals surface area contributed by atoms with Gasteiger partial charge in [0.15, 0.2) is 5.82 Å². The number of likely N-dealkylation sites (tertiary alicyclic amines) is 1. The number of para-hydroxylation sites is 1. The maximum atomic E-state index is 13.1. The summed E-state index contributed by atoms with van der Waals surface area (Å²) >= 11 is 0. The number of aliphatic hydroxyl groups excluding tert-OH is 1. The molecule has 0 saturated carbocycles. The Morgan fingerprint density at radius 3 is 2.92 bits per heavy atom. The lowest BCUT2D eigenvalue weighted by Gasteiger charge is -2.40. The zero-order valence-corrected chi connectivity index (χ0v) is 14.4. The molecule has 2 unspecified atom stereocenters. The van der Waals surface area contributed by atoms with Gasteiger partial charge in [-0.05, 0) is 18.6 Å². The minimum Gasteiger partial charge on any atom is -0.393 e. The van der Waals surface area contributed by atoms with E-state index in [0.717, 1.165) is 11.3 Å². The molecule has 26 heavy (non-hydrogen) atoms. The summed E-state index contributed by atoms with van der Waals surface area (Å²) in [6, 6.07) is 9.40. The van der Waals surface area contributed by atoms with E-state index in [1.54, 1.807) is 29.4 Å². The summed E-state index contributed by atoms with van der Waals surface area (Å²) in [6.45, 7) is 0.477. The van der Waals surface area contributed by atoms with E-state index in [-0.39, 0.29) is 12.2 Å². The van der Waals surface area contributed by atoms with Crippen LogP contribution < -0.4 is 4.90 Å². The summed E-state index contributed by atoms with van der Waals surface area (Å²) in [7, 11) is 1.76. The molecule has 8 heteroatoms. The average Bonchev–Trinajstić information content (AvgIpc) is 3.15. The molecule has 1 saturated heterocycles. The molecule has 2 atom stereocenters. The van der Waals surface area contributed by atoms with Gasteiger partial charge in [0.05, 0.1) is 24.2 Å². The highest BCUT2D eigenvalue weighted by Gasteiger charge is 2.34. The number of aromatic nitrogens is 4. The molecular weight excluding hydrogens is 332 g/mol. The SMILES string of the molecule is CN(C(=O)N1CCC(O)CC1n1cnc2nncc-2c1)c1ccccc1. The van der Waals surface area contributed by atoms with Crippen LogP contribution in [0.1, 0.15) is 19.0 Å². The zero-order chi connectivity index (χ0) is 18.1. The summed E-state index contributed by atoms with van der Waals surface area (Å²) in [5.74, 6) is 0.567. The molecule has 1 aromatic rings. The minimum atomic E-state index is -0.454. The Morgan fingerprint density at radius 1 is 1.31 bits per heavy atom. The quantitative estimate of drug-likeness (QED) is 0.762. The lowest BCUT2D eigenvalue weighted by molar-refractivity contribution is 0.0335. The molecule has 2 amide bonds. The summed E-state index contributed by atoms with van der Waals surface area (Å²) in [6.07, 6.45) is 5.39. The van der Waals surface area contributed by atoms with Gasteiger partial charge in [-0.1, -0.05) is 18.2 Å². The highest BCUT2D eigenvalue weighted by molar-refractivity contribution is 5.91. The van der Waals surface area contributed by atoms with Crippen LogP contribution in [0.2, 0.25) is 0 Å². The highest BCUT2D eigenvalue weighted by Crippen LogP contribution is 2.29. The van der Waals surface area contributed by atoms with Gasteiger partial charge >= 0.3 is 6.03 Å². The first-order valence-corrected chi connectivity index (χ1v) is 8.56. The Labute approximate surface area is 151 Å². The molecule has 1 fully saturated rings. The third-order valence-corrected chi connectivity index (χ3v) is 4.78. The van der Waals surface area contributed by atoms with Crippen molar-refractivity contribution in [3.05, 3.63) is 49.1 Å².